The van der Waals surface area contributed by atoms with E-state index in [0.29, 0.717) is 25.9 Å². The van der Waals surface area contributed by atoms with Crippen LogP contribution in [0.3, 0.4) is 0 Å². The highest BCUT2D eigenvalue weighted by molar-refractivity contribution is 6.07. The minimum absolute atomic E-state index is 0.144. The van der Waals surface area contributed by atoms with E-state index in [-0.39, 0.29) is 11.8 Å². The number of likely N-dealkylation sites (N-methyl/N-ethyl adjacent to an activating group) is 1. The Bertz CT molecular complexity index is 496. The zero-order valence-electron chi connectivity index (χ0n) is 12.7. The Morgan fingerprint density at radius 2 is 1.71 bits per heavy atom. The summed E-state index contributed by atoms with van der Waals surface area (Å²) in [6.07, 6.45) is 1.28. The van der Waals surface area contributed by atoms with Crippen LogP contribution in [0.5, 0.6) is 0 Å². The van der Waals surface area contributed by atoms with Gasteiger partial charge in [0.05, 0.1) is 0 Å². The number of carbonyl (C=O) groups is 2. The minimum atomic E-state index is -0.832. The maximum absolute atomic E-state index is 12.3. The molecule has 0 spiro atoms. The molecule has 5 heteroatoms. The van der Waals surface area contributed by atoms with Crippen LogP contribution in [0.15, 0.2) is 30.3 Å². The monoisotopic (exact) mass is 289 g/mol. The summed E-state index contributed by atoms with van der Waals surface area (Å²) in [6.45, 7) is 1.80. The summed E-state index contributed by atoms with van der Waals surface area (Å²) in [7, 11) is 3.90. The second-order valence-corrected chi connectivity index (χ2v) is 5.81. The molecule has 0 atom stereocenters. The van der Waals surface area contributed by atoms with E-state index in [9.17, 15) is 9.59 Å². The predicted octanol–water partition coefficient (Wildman–Crippen LogP) is 0.761. The quantitative estimate of drug-likeness (QED) is 0.729. The van der Waals surface area contributed by atoms with E-state index in [1.54, 1.807) is 0 Å². The minimum Gasteiger partial charge on any atom is -0.354 e. The van der Waals surface area contributed by atoms with Gasteiger partial charge in [-0.25, -0.2) is 0 Å². The summed E-state index contributed by atoms with van der Waals surface area (Å²) in [4.78, 5) is 26.4. The second-order valence-electron chi connectivity index (χ2n) is 5.81. The van der Waals surface area contributed by atoms with Crippen LogP contribution in [-0.2, 0) is 16.1 Å². The molecule has 0 bridgehead atoms. The molecule has 1 aromatic rings. The molecule has 0 aliphatic heterocycles. The Balaban J connectivity index is 1.82. The maximum Gasteiger partial charge on any atom is 0.235 e. The fraction of sp³-hybridized carbons (Fsp3) is 0.500. The van der Waals surface area contributed by atoms with Crippen molar-refractivity contribution < 1.29 is 9.59 Å². The van der Waals surface area contributed by atoms with E-state index in [1.807, 2.05) is 49.3 Å². The van der Waals surface area contributed by atoms with Gasteiger partial charge in [-0.15, -0.1) is 0 Å². The highest BCUT2D eigenvalue weighted by Crippen LogP contribution is 2.46. The summed E-state index contributed by atoms with van der Waals surface area (Å²) >= 11 is 0. The molecule has 1 aliphatic rings. The molecule has 2 rings (SSSR count). The summed E-state index contributed by atoms with van der Waals surface area (Å²) in [5, 5.41) is 5.73. The van der Waals surface area contributed by atoms with Gasteiger partial charge in [-0.3, -0.25) is 9.59 Å². The molecule has 1 fully saturated rings. The Labute approximate surface area is 125 Å². The molecule has 0 saturated heterocycles. The third-order valence-corrected chi connectivity index (χ3v) is 3.76. The number of amides is 2. The Morgan fingerprint density at radius 1 is 1.10 bits per heavy atom. The summed E-state index contributed by atoms with van der Waals surface area (Å²) < 4.78 is 0. The molecule has 21 heavy (non-hydrogen) atoms. The molecule has 1 aliphatic carbocycles. The van der Waals surface area contributed by atoms with Gasteiger partial charge in [0.25, 0.3) is 0 Å². The van der Waals surface area contributed by atoms with Gasteiger partial charge in [0, 0.05) is 19.6 Å². The molecule has 5 nitrogen and oxygen atoms in total. The Kier molecular flexibility index (Phi) is 4.96. The van der Waals surface area contributed by atoms with Crippen molar-refractivity contribution >= 4 is 11.8 Å². The first kappa shape index (κ1) is 15.5. The van der Waals surface area contributed by atoms with Crippen LogP contribution < -0.4 is 10.6 Å². The van der Waals surface area contributed by atoms with Crippen molar-refractivity contribution in [3.05, 3.63) is 35.9 Å². The number of rotatable bonds is 7. The van der Waals surface area contributed by atoms with Crippen molar-refractivity contribution in [3.63, 3.8) is 0 Å². The van der Waals surface area contributed by atoms with Gasteiger partial charge in [-0.1, -0.05) is 30.3 Å². The van der Waals surface area contributed by atoms with Crippen molar-refractivity contribution in [2.24, 2.45) is 5.41 Å². The van der Waals surface area contributed by atoms with Crippen LogP contribution >= 0.6 is 0 Å². The smallest absolute Gasteiger partial charge is 0.235 e. The average molecular weight is 289 g/mol. The SMILES string of the molecule is CN(C)CCNC(=O)C1(C(=O)NCc2ccccc2)CC1. The van der Waals surface area contributed by atoms with E-state index in [0.717, 1.165) is 12.1 Å². The number of hydrogen-bond acceptors (Lipinski definition) is 3. The number of hydrogen-bond donors (Lipinski definition) is 2. The first-order valence-electron chi connectivity index (χ1n) is 7.30. The Morgan fingerprint density at radius 3 is 2.29 bits per heavy atom. The fourth-order valence-corrected chi connectivity index (χ4v) is 2.19. The second kappa shape index (κ2) is 6.72. The van der Waals surface area contributed by atoms with Gasteiger partial charge in [0.1, 0.15) is 5.41 Å². The van der Waals surface area contributed by atoms with Crippen LogP contribution in [0.2, 0.25) is 0 Å². The lowest BCUT2D eigenvalue weighted by atomic mass is 10.0. The third kappa shape index (κ3) is 4.04. The van der Waals surface area contributed by atoms with Crippen LogP contribution in [0.25, 0.3) is 0 Å². The van der Waals surface area contributed by atoms with Crippen molar-refractivity contribution in [3.8, 4) is 0 Å². The predicted molar refractivity (Wildman–Crippen MR) is 81.5 cm³/mol. The van der Waals surface area contributed by atoms with Crippen molar-refractivity contribution in [1.82, 2.24) is 15.5 Å². The number of benzene rings is 1. The summed E-state index contributed by atoms with van der Waals surface area (Å²) in [5.41, 5.74) is 0.204. The van der Waals surface area contributed by atoms with E-state index < -0.39 is 5.41 Å². The first-order valence-corrected chi connectivity index (χ1v) is 7.30. The van der Waals surface area contributed by atoms with Crippen LogP contribution in [0, 0.1) is 5.41 Å². The lowest BCUT2D eigenvalue weighted by Gasteiger charge is -2.16. The molecule has 1 saturated carbocycles. The zero-order valence-corrected chi connectivity index (χ0v) is 12.7. The van der Waals surface area contributed by atoms with Gasteiger partial charge in [-0.05, 0) is 32.5 Å². The van der Waals surface area contributed by atoms with Crippen molar-refractivity contribution in [1.29, 1.82) is 0 Å². The topological polar surface area (TPSA) is 61.4 Å². The van der Waals surface area contributed by atoms with Crippen molar-refractivity contribution in [2.75, 3.05) is 27.2 Å². The fourth-order valence-electron chi connectivity index (χ4n) is 2.19. The molecule has 1 aromatic carbocycles. The molecule has 0 heterocycles. The molecular weight excluding hydrogens is 266 g/mol. The van der Waals surface area contributed by atoms with Gasteiger partial charge in [-0.2, -0.15) is 0 Å². The van der Waals surface area contributed by atoms with E-state index in [4.69, 9.17) is 0 Å². The first-order chi connectivity index (χ1) is 10.0. The molecule has 2 amide bonds. The largest absolute Gasteiger partial charge is 0.354 e. The van der Waals surface area contributed by atoms with Crippen LogP contribution in [0.1, 0.15) is 18.4 Å². The normalized spacial score (nSPS) is 15.6. The molecular formula is C16H23N3O2. The number of nitrogens with one attached hydrogen (secondary N) is 2. The lowest BCUT2D eigenvalue weighted by molar-refractivity contribution is -0.137. The lowest BCUT2D eigenvalue weighted by Crippen LogP contribution is -2.44. The van der Waals surface area contributed by atoms with Gasteiger partial charge in [0.2, 0.25) is 11.8 Å². The molecule has 0 radical (unpaired) electrons. The Hall–Kier alpha value is -1.88. The molecule has 0 aromatic heterocycles. The molecule has 114 valence electrons. The highest BCUT2D eigenvalue weighted by Gasteiger charge is 2.56. The van der Waals surface area contributed by atoms with Crippen molar-refractivity contribution in [2.45, 2.75) is 19.4 Å². The van der Waals surface area contributed by atoms with Gasteiger partial charge < -0.3 is 15.5 Å². The summed E-state index contributed by atoms with van der Waals surface area (Å²) in [5.74, 6) is -0.302. The average Bonchev–Trinajstić information content (AvgIpc) is 3.27. The standard InChI is InChI=1S/C16H23N3O2/c1-19(2)11-10-17-14(20)16(8-9-16)15(21)18-12-13-6-4-3-5-7-13/h3-7H,8-12H2,1-2H3,(H,17,20)(H,18,21). The van der Waals surface area contributed by atoms with Gasteiger partial charge >= 0.3 is 0 Å². The maximum atomic E-state index is 12.3. The van der Waals surface area contributed by atoms with E-state index in [2.05, 4.69) is 10.6 Å². The zero-order chi connectivity index (χ0) is 15.3. The highest BCUT2D eigenvalue weighted by atomic mass is 16.2. The van der Waals surface area contributed by atoms with Gasteiger partial charge in [0.15, 0.2) is 0 Å². The molecule has 2 N–H and O–H groups in total. The van der Waals surface area contributed by atoms with E-state index in [1.165, 1.54) is 0 Å². The molecule has 0 unspecified atom stereocenters. The number of nitrogens with zero attached hydrogens (tertiary/aromatic N) is 1. The number of carbonyl (C=O) groups excluding carboxylic acids is 2. The summed E-state index contributed by atoms with van der Waals surface area (Å²) in [6, 6.07) is 9.71. The van der Waals surface area contributed by atoms with Crippen LogP contribution in [0.4, 0.5) is 0 Å². The third-order valence-electron chi connectivity index (χ3n) is 3.76. The van der Waals surface area contributed by atoms with E-state index >= 15 is 0 Å². The van der Waals surface area contributed by atoms with Crippen LogP contribution in [-0.4, -0.2) is 43.9 Å².